The molecule has 0 heterocycles. The molecule has 1 aromatic carbocycles. The highest BCUT2D eigenvalue weighted by Crippen LogP contribution is 2.26. The van der Waals surface area contributed by atoms with Crippen molar-refractivity contribution in [2.24, 2.45) is 0 Å². The molecule has 0 amide bonds. The normalized spacial score (nSPS) is 9.37. The van der Waals surface area contributed by atoms with Gasteiger partial charge in [0, 0.05) is 13.3 Å². The largest absolute Gasteiger partial charge is 0.426 e. The molecule has 0 bridgehead atoms. The van der Waals surface area contributed by atoms with E-state index in [4.69, 9.17) is 4.74 Å². The Hall–Kier alpha value is -1.64. The van der Waals surface area contributed by atoms with Crippen LogP contribution >= 0.6 is 0 Å². The maximum atomic E-state index is 11.0. The van der Waals surface area contributed by atoms with Gasteiger partial charge in [-0.2, -0.15) is 0 Å². The lowest BCUT2D eigenvalue weighted by Gasteiger charge is -2.12. The molecule has 0 saturated heterocycles. The van der Waals surface area contributed by atoms with E-state index < -0.39 is 0 Å². The maximum absolute atomic E-state index is 11.0. The molecule has 0 aliphatic heterocycles. The van der Waals surface area contributed by atoms with Crippen LogP contribution in [0.1, 0.15) is 50.8 Å². The molecule has 0 saturated carbocycles. The van der Waals surface area contributed by atoms with Crippen molar-refractivity contribution in [3.8, 4) is 5.75 Å². The fraction of sp³-hybridized carbons (Fsp3) is 0.500. The third-order valence-corrected chi connectivity index (χ3v) is 2.56. The zero-order chi connectivity index (χ0) is 15.0. The Labute approximate surface area is 116 Å². The number of aryl methyl sites for hydroxylation is 2. The number of benzene rings is 1. The van der Waals surface area contributed by atoms with Crippen LogP contribution in [0, 0.1) is 13.8 Å². The molecule has 0 radical (unpaired) electrons. The van der Waals surface area contributed by atoms with Crippen molar-refractivity contribution in [1.82, 2.24) is 0 Å². The van der Waals surface area contributed by atoms with Crippen LogP contribution in [0.4, 0.5) is 0 Å². The van der Waals surface area contributed by atoms with Crippen molar-refractivity contribution < 1.29 is 14.3 Å². The SMILES string of the molecule is CC.CC(=O)CCc1c(C)cc(C)cc1OC(C)=O. The number of ketones is 1. The van der Waals surface area contributed by atoms with Gasteiger partial charge >= 0.3 is 5.97 Å². The molecule has 0 fully saturated rings. The first-order valence-corrected chi connectivity index (χ1v) is 6.68. The van der Waals surface area contributed by atoms with E-state index in [0.29, 0.717) is 18.6 Å². The minimum atomic E-state index is -0.334. The molecule has 3 nitrogen and oxygen atoms in total. The summed E-state index contributed by atoms with van der Waals surface area (Å²) >= 11 is 0. The van der Waals surface area contributed by atoms with E-state index in [0.717, 1.165) is 16.7 Å². The Balaban J connectivity index is 0.00000154. The highest BCUT2D eigenvalue weighted by molar-refractivity contribution is 5.76. The summed E-state index contributed by atoms with van der Waals surface area (Å²) in [6.45, 7) is 10.9. The second-order valence-corrected chi connectivity index (χ2v) is 4.35. The number of Topliss-reactive ketones (excluding diaryl/α,β-unsaturated/α-hetero) is 1. The number of esters is 1. The van der Waals surface area contributed by atoms with E-state index >= 15 is 0 Å². The van der Waals surface area contributed by atoms with Crippen molar-refractivity contribution >= 4 is 11.8 Å². The standard InChI is InChI=1S/C14H18O3.C2H6/c1-9-7-10(2)13(6-5-11(3)15)14(8-9)17-12(4)16;1-2/h7-8H,5-6H2,1-4H3;1-2H3. The summed E-state index contributed by atoms with van der Waals surface area (Å²) in [6.07, 6.45) is 1.09. The molecule has 1 aromatic rings. The van der Waals surface area contributed by atoms with Gasteiger partial charge in [0.05, 0.1) is 0 Å². The number of rotatable bonds is 4. The molecular formula is C16H24O3. The second kappa shape index (κ2) is 8.46. The van der Waals surface area contributed by atoms with Crippen LogP contribution in [0.5, 0.6) is 5.75 Å². The highest BCUT2D eigenvalue weighted by atomic mass is 16.5. The summed E-state index contributed by atoms with van der Waals surface area (Å²) < 4.78 is 5.19. The zero-order valence-corrected chi connectivity index (χ0v) is 12.8. The van der Waals surface area contributed by atoms with Crippen molar-refractivity contribution in [1.29, 1.82) is 0 Å². The van der Waals surface area contributed by atoms with Crippen molar-refractivity contribution in [3.05, 3.63) is 28.8 Å². The fourth-order valence-electron chi connectivity index (χ4n) is 1.83. The van der Waals surface area contributed by atoms with E-state index in [1.807, 2.05) is 39.8 Å². The molecule has 3 heteroatoms. The van der Waals surface area contributed by atoms with Gasteiger partial charge in [-0.15, -0.1) is 0 Å². The van der Waals surface area contributed by atoms with Gasteiger partial charge in [-0.1, -0.05) is 19.9 Å². The summed E-state index contributed by atoms with van der Waals surface area (Å²) in [5.74, 6) is 0.383. The first kappa shape index (κ1) is 17.4. The van der Waals surface area contributed by atoms with Gasteiger partial charge in [0.25, 0.3) is 0 Å². The Kier molecular flexibility index (Phi) is 7.73. The van der Waals surface area contributed by atoms with Crippen LogP contribution < -0.4 is 4.74 Å². The van der Waals surface area contributed by atoms with Gasteiger partial charge in [0.2, 0.25) is 0 Å². The molecule has 0 aliphatic rings. The summed E-state index contributed by atoms with van der Waals surface area (Å²) in [5, 5.41) is 0. The molecule has 0 N–H and O–H groups in total. The first-order valence-electron chi connectivity index (χ1n) is 6.68. The lowest BCUT2D eigenvalue weighted by molar-refractivity contribution is -0.131. The quantitative estimate of drug-likeness (QED) is 0.614. The summed E-state index contributed by atoms with van der Waals surface area (Å²) in [4.78, 5) is 22.1. The molecule has 0 spiro atoms. The predicted molar refractivity (Wildman–Crippen MR) is 77.6 cm³/mol. The Morgan fingerprint density at radius 1 is 1.11 bits per heavy atom. The van der Waals surface area contributed by atoms with Gasteiger partial charge in [-0.25, -0.2) is 0 Å². The molecule has 106 valence electrons. The van der Waals surface area contributed by atoms with Crippen LogP contribution in [0.3, 0.4) is 0 Å². The van der Waals surface area contributed by atoms with Crippen LogP contribution in [-0.2, 0) is 16.0 Å². The Morgan fingerprint density at radius 2 is 1.68 bits per heavy atom. The molecule has 19 heavy (non-hydrogen) atoms. The predicted octanol–water partition coefficient (Wildman–Crippen LogP) is 3.78. The molecular weight excluding hydrogens is 240 g/mol. The van der Waals surface area contributed by atoms with Gasteiger partial charge < -0.3 is 9.53 Å². The van der Waals surface area contributed by atoms with E-state index in [1.165, 1.54) is 6.92 Å². The zero-order valence-electron chi connectivity index (χ0n) is 12.8. The number of carbonyl (C=O) groups excluding carboxylic acids is 2. The molecule has 1 rings (SSSR count). The number of ether oxygens (including phenoxy) is 1. The second-order valence-electron chi connectivity index (χ2n) is 4.35. The lowest BCUT2D eigenvalue weighted by atomic mass is 9.99. The van der Waals surface area contributed by atoms with Gasteiger partial charge in [-0.3, -0.25) is 4.79 Å². The van der Waals surface area contributed by atoms with Gasteiger partial charge in [0.15, 0.2) is 0 Å². The number of hydrogen-bond donors (Lipinski definition) is 0. The van der Waals surface area contributed by atoms with Crippen molar-refractivity contribution in [2.75, 3.05) is 0 Å². The average molecular weight is 264 g/mol. The minimum Gasteiger partial charge on any atom is -0.426 e. The first-order chi connectivity index (χ1) is 8.90. The molecule has 0 atom stereocenters. The minimum absolute atomic E-state index is 0.138. The van der Waals surface area contributed by atoms with Gasteiger partial charge in [0.1, 0.15) is 11.5 Å². The Morgan fingerprint density at radius 3 is 2.16 bits per heavy atom. The fourth-order valence-corrected chi connectivity index (χ4v) is 1.83. The average Bonchev–Trinajstić information content (AvgIpc) is 2.29. The maximum Gasteiger partial charge on any atom is 0.308 e. The molecule has 0 aromatic heterocycles. The Bertz CT molecular complexity index is 448. The smallest absolute Gasteiger partial charge is 0.308 e. The third-order valence-electron chi connectivity index (χ3n) is 2.56. The van der Waals surface area contributed by atoms with Crippen molar-refractivity contribution in [3.63, 3.8) is 0 Å². The van der Waals surface area contributed by atoms with Crippen molar-refractivity contribution in [2.45, 2.75) is 54.4 Å². The summed E-state index contributed by atoms with van der Waals surface area (Å²) in [5.41, 5.74) is 3.05. The molecule has 0 aliphatic carbocycles. The third kappa shape index (κ3) is 6.18. The van der Waals surface area contributed by atoms with E-state index in [1.54, 1.807) is 6.92 Å². The lowest BCUT2D eigenvalue weighted by Crippen LogP contribution is -2.06. The highest BCUT2D eigenvalue weighted by Gasteiger charge is 2.11. The number of hydrogen-bond acceptors (Lipinski definition) is 3. The monoisotopic (exact) mass is 264 g/mol. The van der Waals surface area contributed by atoms with E-state index in [-0.39, 0.29) is 11.8 Å². The van der Waals surface area contributed by atoms with Crippen LogP contribution in [0.2, 0.25) is 0 Å². The summed E-state index contributed by atoms with van der Waals surface area (Å²) in [6, 6.07) is 3.87. The van der Waals surface area contributed by atoms with Gasteiger partial charge in [-0.05, 0) is 49.9 Å². The topological polar surface area (TPSA) is 43.4 Å². The summed E-state index contributed by atoms with van der Waals surface area (Å²) in [7, 11) is 0. The van der Waals surface area contributed by atoms with Crippen LogP contribution in [0.25, 0.3) is 0 Å². The van der Waals surface area contributed by atoms with E-state index in [9.17, 15) is 9.59 Å². The van der Waals surface area contributed by atoms with Crippen LogP contribution in [0.15, 0.2) is 12.1 Å². The molecule has 0 unspecified atom stereocenters. The van der Waals surface area contributed by atoms with Crippen LogP contribution in [-0.4, -0.2) is 11.8 Å². The van der Waals surface area contributed by atoms with E-state index in [2.05, 4.69) is 0 Å². The number of carbonyl (C=O) groups is 2.